The minimum atomic E-state index is -1.10. The molecule has 2 N–H and O–H groups in total. The van der Waals surface area contributed by atoms with Crippen LogP contribution in [-0.4, -0.2) is 37.0 Å². The molecule has 0 aliphatic rings. The average Bonchev–Trinajstić information content (AvgIpc) is 2.72. The summed E-state index contributed by atoms with van der Waals surface area (Å²) in [6.45, 7) is 5.00. The van der Waals surface area contributed by atoms with Crippen molar-refractivity contribution < 1.29 is 23.9 Å². The smallest absolute Gasteiger partial charge is 0.329 e. The van der Waals surface area contributed by atoms with Crippen molar-refractivity contribution in [3.05, 3.63) is 59.1 Å². The van der Waals surface area contributed by atoms with E-state index in [9.17, 15) is 14.4 Å². The number of nitrogens with one attached hydrogen (secondary N) is 2. The first-order valence-corrected chi connectivity index (χ1v) is 9.81. The standard InChI is InChI=1S/C22H25ClN2O5/c1-13(2)19(25-21(27)15-8-6-5-7-9-15)22(28)30-14(3)20(26)24-17-12-16(23)10-11-18(17)29-4/h5-14,19H,1-4H3,(H,24,26)(H,25,27). The van der Waals surface area contributed by atoms with E-state index >= 15 is 0 Å². The van der Waals surface area contributed by atoms with Crippen molar-refractivity contribution in [2.45, 2.75) is 32.9 Å². The second-order valence-electron chi connectivity index (χ2n) is 6.97. The summed E-state index contributed by atoms with van der Waals surface area (Å²) in [5, 5.41) is 5.71. The van der Waals surface area contributed by atoms with E-state index in [4.69, 9.17) is 21.1 Å². The zero-order chi connectivity index (χ0) is 22.3. The molecule has 0 aliphatic heterocycles. The number of esters is 1. The normalized spacial score (nSPS) is 12.6. The molecule has 2 rings (SSSR count). The number of amides is 2. The van der Waals surface area contributed by atoms with Gasteiger partial charge in [-0.05, 0) is 43.2 Å². The molecular formula is C22H25ClN2O5. The van der Waals surface area contributed by atoms with Crippen LogP contribution < -0.4 is 15.4 Å². The van der Waals surface area contributed by atoms with Gasteiger partial charge in [0.05, 0.1) is 12.8 Å². The van der Waals surface area contributed by atoms with Crippen LogP contribution in [0.3, 0.4) is 0 Å². The molecule has 8 heteroatoms. The number of hydrogen-bond acceptors (Lipinski definition) is 5. The average molecular weight is 433 g/mol. The van der Waals surface area contributed by atoms with Crippen LogP contribution in [0.2, 0.25) is 5.02 Å². The van der Waals surface area contributed by atoms with E-state index in [0.717, 1.165) is 0 Å². The van der Waals surface area contributed by atoms with Gasteiger partial charge >= 0.3 is 5.97 Å². The summed E-state index contributed by atoms with van der Waals surface area (Å²) >= 11 is 5.96. The van der Waals surface area contributed by atoms with Gasteiger partial charge in [0, 0.05) is 10.6 Å². The van der Waals surface area contributed by atoms with Crippen LogP contribution in [0.25, 0.3) is 0 Å². The Kier molecular flexibility index (Phi) is 8.24. The molecule has 0 saturated carbocycles. The summed E-state index contributed by atoms with van der Waals surface area (Å²) in [4.78, 5) is 37.5. The lowest BCUT2D eigenvalue weighted by atomic mass is 10.0. The fourth-order valence-electron chi connectivity index (χ4n) is 2.63. The van der Waals surface area contributed by atoms with E-state index in [1.807, 2.05) is 0 Å². The van der Waals surface area contributed by atoms with Crippen LogP contribution >= 0.6 is 11.6 Å². The zero-order valence-corrected chi connectivity index (χ0v) is 18.0. The lowest BCUT2D eigenvalue weighted by Crippen LogP contribution is -2.47. The molecule has 0 aromatic heterocycles. The van der Waals surface area contributed by atoms with Crippen molar-refractivity contribution in [2.24, 2.45) is 5.92 Å². The van der Waals surface area contributed by atoms with Gasteiger partial charge in [-0.15, -0.1) is 0 Å². The zero-order valence-electron chi connectivity index (χ0n) is 17.3. The van der Waals surface area contributed by atoms with Gasteiger partial charge in [0.1, 0.15) is 11.8 Å². The van der Waals surface area contributed by atoms with Crippen LogP contribution in [0.5, 0.6) is 5.75 Å². The third-order valence-electron chi connectivity index (χ3n) is 4.32. The Morgan fingerprint density at radius 1 is 1.00 bits per heavy atom. The largest absolute Gasteiger partial charge is 0.495 e. The molecule has 0 bridgehead atoms. The molecule has 0 saturated heterocycles. The van der Waals surface area contributed by atoms with Crippen LogP contribution in [0.4, 0.5) is 5.69 Å². The van der Waals surface area contributed by atoms with E-state index in [1.165, 1.54) is 20.1 Å². The molecule has 2 atom stereocenters. The van der Waals surface area contributed by atoms with Crippen molar-refractivity contribution in [1.29, 1.82) is 0 Å². The van der Waals surface area contributed by atoms with Gasteiger partial charge in [0.25, 0.3) is 11.8 Å². The minimum absolute atomic E-state index is 0.242. The maximum atomic E-state index is 12.6. The highest BCUT2D eigenvalue weighted by Gasteiger charge is 2.29. The Bertz CT molecular complexity index is 902. The number of hydrogen-bond donors (Lipinski definition) is 2. The van der Waals surface area contributed by atoms with Crippen LogP contribution in [0.1, 0.15) is 31.1 Å². The van der Waals surface area contributed by atoms with Gasteiger partial charge in [-0.2, -0.15) is 0 Å². The number of methoxy groups -OCH3 is 1. The van der Waals surface area contributed by atoms with Crippen molar-refractivity contribution >= 4 is 35.1 Å². The summed E-state index contributed by atoms with van der Waals surface area (Å²) in [6, 6.07) is 12.4. The Labute approximate surface area is 180 Å². The molecule has 0 heterocycles. The molecule has 0 aliphatic carbocycles. The summed E-state index contributed by atoms with van der Waals surface area (Å²) in [6.07, 6.45) is -1.10. The highest BCUT2D eigenvalue weighted by molar-refractivity contribution is 6.31. The lowest BCUT2D eigenvalue weighted by molar-refractivity contribution is -0.156. The van der Waals surface area contributed by atoms with Gasteiger partial charge < -0.3 is 20.1 Å². The number of carbonyl (C=O) groups is 3. The van der Waals surface area contributed by atoms with Gasteiger partial charge in [0.15, 0.2) is 6.10 Å². The summed E-state index contributed by atoms with van der Waals surface area (Å²) in [7, 11) is 1.46. The van der Waals surface area contributed by atoms with Crippen molar-refractivity contribution in [2.75, 3.05) is 12.4 Å². The molecule has 160 valence electrons. The predicted molar refractivity (Wildman–Crippen MR) is 115 cm³/mol. The third-order valence-corrected chi connectivity index (χ3v) is 4.56. The van der Waals surface area contributed by atoms with E-state index in [1.54, 1.807) is 56.3 Å². The lowest BCUT2D eigenvalue weighted by Gasteiger charge is -2.23. The number of rotatable bonds is 8. The number of halogens is 1. The van der Waals surface area contributed by atoms with E-state index in [2.05, 4.69) is 10.6 Å². The van der Waals surface area contributed by atoms with E-state index in [0.29, 0.717) is 22.0 Å². The first kappa shape index (κ1) is 23.2. The monoisotopic (exact) mass is 432 g/mol. The Hall–Kier alpha value is -3.06. The predicted octanol–water partition coefficient (Wildman–Crippen LogP) is 3.67. The molecule has 30 heavy (non-hydrogen) atoms. The first-order valence-electron chi connectivity index (χ1n) is 9.43. The molecule has 0 spiro atoms. The topological polar surface area (TPSA) is 93.7 Å². The first-order chi connectivity index (χ1) is 14.2. The summed E-state index contributed by atoms with van der Waals surface area (Å²) in [5.74, 6) is -1.47. The Balaban J connectivity index is 2.03. The van der Waals surface area contributed by atoms with Crippen molar-refractivity contribution in [3.63, 3.8) is 0 Å². The van der Waals surface area contributed by atoms with Crippen LogP contribution in [0, 0.1) is 5.92 Å². The second-order valence-corrected chi connectivity index (χ2v) is 7.41. The molecule has 0 radical (unpaired) electrons. The number of benzene rings is 2. The highest BCUT2D eigenvalue weighted by atomic mass is 35.5. The van der Waals surface area contributed by atoms with Gasteiger partial charge in [0.2, 0.25) is 0 Å². The molecule has 0 fully saturated rings. The number of carbonyl (C=O) groups excluding carboxylic acids is 3. The number of ether oxygens (including phenoxy) is 2. The summed E-state index contributed by atoms with van der Waals surface area (Å²) in [5.41, 5.74) is 0.783. The van der Waals surface area contributed by atoms with E-state index < -0.39 is 29.9 Å². The number of anilines is 1. The molecule has 2 aromatic rings. The second kappa shape index (κ2) is 10.6. The maximum absolute atomic E-state index is 12.6. The minimum Gasteiger partial charge on any atom is -0.495 e. The van der Waals surface area contributed by atoms with E-state index in [-0.39, 0.29) is 5.92 Å². The molecule has 2 aromatic carbocycles. The highest BCUT2D eigenvalue weighted by Crippen LogP contribution is 2.27. The van der Waals surface area contributed by atoms with Crippen molar-refractivity contribution in [3.8, 4) is 5.75 Å². The fourth-order valence-corrected chi connectivity index (χ4v) is 2.80. The quantitative estimate of drug-likeness (QED) is 0.620. The third kappa shape index (κ3) is 6.22. The fraction of sp³-hybridized carbons (Fsp3) is 0.318. The molecule has 7 nitrogen and oxygen atoms in total. The molecule has 2 amide bonds. The van der Waals surface area contributed by atoms with Crippen LogP contribution in [0.15, 0.2) is 48.5 Å². The van der Waals surface area contributed by atoms with Gasteiger partial charge in [-0.3, -0.25) is 9.59 Å². The van der Waals surface area contributed by atoms with Crippen molar-refractivity contribution in [1.82, 2.24) is 5.32 Å². The molecular weight excluding hydrogens is 408 g/mol. The molecule has 2 unspecified atom stereocenters. The SMILES string of the molecule is COc1ccc(Cl)cc1NC(=O)C(C)OC(=O)C(NC(=O)c1ccccc1)C(C)C. The Morgan fingerprint density at radius 3 is 2.27 bits per heavy atom. The summed E-state index contributed by atoms with van der Waals surface area (Å²) < 4.78 is 10.5. The van der Waals surface area contributed by atoms with Crippen LogP contribution in [-0.2, 0) is 14.3 Å². The van der Waals surface area contributed by atoms with Gasteiger partial charge in [-0.25, -0.2) is 4.79 Å². The van der Waals surface area contributed by atoms with Gasteiger partial charge in [-0.1, -0.05) is 43.6 Å². The maximum Gasteiger partial charge on any atom is 0.329 e. The Morgan fingerprint density at radius 2 is 1.67 bits per heavy atom.